The van der Waals surface area contributed by atoms with Gasteiger partial charge in [0.05, 0.1) is 12.8 Å². The Bertz CT molecular complexity index is 749. The molecule has 0 spiro atoms. The van der Waals surface area contributed by atoms with Crippen molar-refractivity contribution in [3.8, 4) is 11.5 Å². The highest BCUT2D eigenvalue weighted by Gasteiger charge is 2.11. The van der Waals surface area contributed by atoms with Gasteiger partial charge in [-0.25, -0.2) is 4.79 Å². The maximum Gasteiger partial charge on any atom is 0.344 e. The fourth-order valence-electron chi connectivity index (χ4n) is 1.82. The summed E-state index contributed by atoms with van der Waals surface area (Å²) >= 11 is 11.6. The molecule has 0 saturated heterocycles. The highest BCUT2D eigenvalue weighted by atomic mass is 35.5. The minimum Gasteiger partial charge on any atom is -0.495 e. The lowest BCUT2D eigenvalue weighted by Gasteiger charge is -2.11. The maximum atomic E-state index is 11.9. The molecule has 0 aliphatic heterocycles. The number of benzene rings is 2. The van der Waals surface area contributed by atoms with Crippen LogP contribution in [0.1, 0.15) is 0 Å². The van der Waals surface area contributed by atoms with E-state index in [0.29, 0.717) is 27.2 Å². The van der Waals surface area contributed by atoms with Crippen LogP contribution < -0.4 is 14.8 Å². The molecule has 6 nitrogen and oxygen atoms in total. The molecule has 2 aromatic rings. The smallest absolute Gasteiger partial charge is 0.344 e. The Morgan fingerprint density at radius 1 is 1.00 bits per heavy atom. The standard InChI is InChI=1S/C17H15Cl2NO5/c1-23-15-7-4-12(19)8-14(15)20-16(21)9-25-17(22)10-24-13-5-2-11(18)3-6-13/h2-8H,9-10H2,1H3,(H,20,21). The summed E-state index contributed by atoms with van der Waals surface area (Å²) in [6.45, 7) is -0.784. The summed E-state index contributed by atoms with van der Waals surface area (Å²) < 4.78 is 15.2. The van der Waals surface area contributed by atoms with E-state index in [2.05, 4.69) is 5.32 Å². The van der Waals surface area contributed by atoms with Crippen molar-refractivity contribution in [2.24, 2.45) is 0 Å². The SMILES string of the molecule is COc1ccc(Cl)cc1NC(=O)COC(=O)COc1ccc(Cl)cc1. The number of halogens is 2. The maximum absolute atomic E-state index is 11.9. The molecular formula is C17H15Cl2NO5. The van der Waals surface area contributed by atoms with Gasteiger partial charge in [-0.2, -0.15) is 0 Å². The number of rotatable bonds is 7. The van der Waals surface area contributed by atoms with Crippen LogP contribution in [-0.4, -0.2) is 32.2 Å². The predicted octanol–water partition coefficient (Wildman–Crippen LogP) is 3.56. The molecule has 0 bridgehead atoms. The molecule has 2 aromatic carbocycles. The number of carbonyl (C=O) groups is 2. The summed E-state index contributed by atoms with van der Waals surface area (Å²) in [7, 11) is 1.47. The van der Waals surface area contributed by atoms with E-state index < -0.39 is 18.5 Å². The third-order valence-electron chi connectivity index (χ3n) is 2.97. The van der Waals surface area contributed by atoms with Crippen LogP contribution in [-0.2, 0) is 14.3 Å². The van der Waals surface area contributed by atoms with Crippen molar-refractivity contribution in [1.82, 2.24) is 0 Å². The van der Waals surface area contributed by atoms with Crippen molar-refractivity contribution in [2.45, 2.75) is 0 Å². The average molecular weight is 384 g/mol. The van der Waals surface area contributed by atoms with Crippen LogP contribution >= 0.6 is 23.2 Å². The molecule has 2 rings (SSSR count). The van der Waals surface area contributed by atoms with Crippen molar-refractivity contribution >= 4 is 40.8 Å². The Kier molecular flexibility index (Phi) is 6.91. The third kappa shape index (κ3) is 6.17. The molecule has 0 aliphatic rings. The van der Waals surface area contributed by atoms with Crippen molar-refractivity contribution in [2.75, 3.05) is 25.6 Å². The molecule has 0 saturated carbocycles. The fraction of sp³-hybridized carbons (Fsp3) is 0.176. The Balaban J connectivity index is 1.78. The Hall–Kier alpha value is -2.44. The van der Waals surface area contributed by atoms with Gasteiger partial charge in [0.15, 0.2) is 13.2 Å². The van der Waals surface area contributed by atoms with Gasteiger partial charge < -0.3 is 19.5 Å². The molecule has 1 N–H and O–H groups in total. The zero-order valence-corrected chi connectivity index (χ0v) is 14.8. The minimum atomic E-state index is -0.678. The summed E-state index contributed by atoms with van der Waals surface area (Å²) in [5.41, 5.74) is 0.383. The van der Waals surface area contributed by atoms with Crippen molar-refractivity contribution in [3.63, 3.8) is 0 Å². The largest absolute Gasteiger partial charge is 0.495 e. The monoisotopic (exact) mass is 383 g/mol. The first-order valence-corrected chi connectivity index (χ1v) is 7.91. The number of methoxy groups -OCH3 is 1. The highest BCUT2D eigenvalue weighted by Crippen LogP contribution is 2.27. The summed E-state index contributed by atoms with van der Waals surface area (Å²) in [4.78, 5) is 23.5. The zero-order valence-electron chi connectivity index (χ0n) is 13.3. The summed E-state index contributed by atoms with van der Waals surface area (Å²) in [6.07, 6.45) is 0. The van der Waals surface area contributed by atoms with Crippen LogP contribution in [0.15, 0.2) is 42.5 Å². The molecule has 0 heterocycles. The van der Waals surface area contributed by atoms with Crippen LogP contribution in [0.25, 0.3) is 0 Å². The van der Waals surface area contributed by atoms with Gasteiger partial charge in [0.1, 0.15) is 11.5 Å². The van der Waals surface area contributed by atoms with Gasteiger partial charge in [-0.3, -0.25) is 4.79 Å². The van der Waals surface area contributed by atoms with E-state index in [-0.39, 0.29) is 6.61 Å². The molecule has 25 heavy (non-hydrogen) atoms. The van der Waals surface area contributed by atoms with Gasteiger partial charge in [0, 0.05) is 10.0 Å². The molecule has 0 aromatic heterocycles. The van der Waals surface area contributed by atoms with Gasteiger partial charge in [-0.15, -0.1) is 0 Å². The summed E-state index contributed by atoms with van der Waals surface area (Å²) in [5.74, 6) is -0.298. The molecule has 0 aliphatic carbocycles. The molecule has 132 valence electrons. The predicted molar refractivity (Wildman–Crippen MR) is 94.5 cm³/mol. The molecule has 8 heteroatoms. The van der Waals surface area contributed by atoms with Crippen LogP contribution in [0.4, 0.5) is 5.69 Å². The molecule has 0 atom stereocenters. The number of anilines is 1. The highest BCUT2D eigenvalue weighted by molar-refractivity contribution is 6.31. The number of hydrogen-bond donors (Lipinski definition) is 1. The molecule has 0 radical (unpaired) electrons. The van der Waals surface area contributed by atoms with Gasteiger partial charge >= 0.3 is 5.97 Å². The summed E-state index contributed by atoms with van der Waals surface area (Å²) in [5, 5.41) is 3.55. The lowest BCUT2D eigenvalue weighted by molar-refractivity contribution is -0.149. The van der Waals surface area contributed by atoms with Crippen LogP contribution in [0.5, 0.6) is 11.5 Å². The number of amides is 1. The van der Waals surface area contributed by atoms with Crippen LogP contribution in [0.2, 0.25) is 10.0 Å². The van der Waals surface area contributed by atoms with E-state index in [9.17, 15) is 9.59 Å². The van der Waals surface area contributed by atoms with Crippen molar-refractivity contribution in [3.05, 3.63) is 52.5 Å². The van der Waals surface area contributed by atoms with Crippen molar-refractivity contribution < 1.29 is 23.8 Å². The van der Waals surface area contributed by atoms with E-state index in [1.165, 1.54) is 13.2 Å². The van der Waals surface area contributed by atoms with Gasteiger partial charge in [0.2, 0.25) is 0 Å². The number of ether oxygens (including phenoxy) is 3. The number of nitrogens with one attached hydrogen (secondary N) is 1. The van der Waals surface area contributed by atoms with Crippen molar-refractivity contribution in [1.29, 1.82) is 0 Å². The van der Waals surface area contributed by atoms with Crippen LogP contribution in [0, 0.1) is 0 Å². The van der Waals surface area contributed by atoms with E-state index in [4.69, 9.17) is 37.4 Å². The van der Waals surface area contributed by atoms with E-state index >= 15 is 0 Å². The lowest BCUT2D eigenvalue weighted by Crippen LogP contribution is -2.23. The minimum absolute atomic E-state index is 0.324. The molecule has 0 fully saturated rings. The average Bonchev–Trinajstić information content (AvgIpc) is 2.59. The van der Waals surface area contributed by atoms with Gasteiger partial charge in [-0.05, 0) is 42.5 Å². The number of hydrogen-bond acceptors (Lipinski definition) is 5. The third-order valence-corrected chi connectivity index (χ3v) is 3.46. The Morgan fingerprint density at radius 2 is 1.68 bits per heavy atom. The molecule has 1 amide bonds. The Labute approximate surface area is 154 Å². The second kappa shape index (κ2) is 9.15. The lowest BCUT2D eigenvalue weighted by atomic mass is 10.3. The van der Waals surface area contributed by atoms with Gasteiger partial charge in [-0.1, -0.05) is 23.2 Å². The topological polar surface area (TPSA) is 73.9 Å². The van der Waals surface area contributed by atoms with Gasteiger partial charge in [0.25, 0.3) is 5.91 Å². The second-order valence-electron chi connectivity index (χ2n) is 4.80. The number of carbonyl (C=O) groups excluding carboxylic acids is 2. The van der Waals surface area contributed by atoms with E-state index in [0.717, 1.165) is 0 Å². The first kappa shape index (κ1) is 18.9. The molecule has 0 unspecified atom stereocenters. The first-order chi connectivity index (χ1) is 12.0. The zero-order chi connectivity index (χ0) is 18.2. The fourth-order valence-corrected chi connectivity index (χ4v) is 2.12. The van der Waals surface area contributed by atoms with E-state index in [1.54, 1.807) is 36.4 Å². The second-order valence-corrected chi connectivity index (χ2v) is 5.67. The Morgan fingerprint density at radius 3 is 2.36 bits per heavy atom. The first-order valence-electron chi connectivity index (χ1n) is 7.15. The van der Waals surface area contributed by atoms with E-state index in [1.807, 2.05) is 0 Å². The quantitative estimate of drug-likeness (QED) is 0.739. The number of esters is 1. The normalized spacial score (nSPS) is 10.0. The van der Waals surface area contributed by atoms with Crippen LogP contribution in [0.3, 0.4) is 0 Å². The summed E-state index contributed by atoms with van der Waals surface area (Å²) in [6, 6.07) is 11.3. The molecular weight excluding hydrogens is 369 g/mol.